The van der Waals surface area contributed by atoms with Crippen molar-refractivity contribution in [1.82, 2.24) is 10.3 Å². The number of aliphatic carboxylic acids is 1. The van der Waals surface area contributed by atoms with E-state index >= 15 is 0 Å². The average Bonchev–Trinajstić information content (AvgIpc) is 2.94. The number of carbonyl (C=O) groups is 2. The van der Waals surface area contributed by atoms with E-state index in [1.807, 2.05) is 25.3 Å². The highest BCUT2D eigenvalue weighted by Gasteiger charge is 2.34. The maximum atomic E-state index is 12.4. The molecule has 2 N–H and O–H groups in total. The number of rotatable bonds is 6. The second kappa shape index (κ2) is 6.91. The van der Waals surface area contributed by atoms with Gasteiger partial charge in [0.1, 0.15) is 10.5 Å². The molecule has 1 heterocycles. The molecule has 6 heteroatoms. The van der Waals surface area contributed by atoms with E-state index in [9.17, 15) is 14.7 Å². The van der Waals surface area contributed by atoms with Gasteiger partial charge >= 0.3 is 5.97 Å². The first kappa shape index (κ1) is 17.1. The summed E-state index contributed by atoms with van der Waals surface area (Å²) in [6.07, 6.45) is 1.04. The lowest BCUT2D eigenvalue weighted by atomic mass is 9.95. The van der Waals surface area contributed by atoms with Crippen molar-refractivity contribution < 1.29 is 14.7 Å². The molecule has 5 nitrogen and oxygen atoms in total. The van der Waals surface area contributed by atoms with Crippen LogP contribution in [0.15, 0.2) is 29.6 Å². The molecule has 0 bridgehead atoms. The van der Waals surface area contributed by atoms with Gasteiger partial charge in [-0.05, 0) is 32.4 Å². The van der Waals surface area contributed by atoms with E-state index in [-0.39, 0.29) is 0 Å². The van der Waals surface area contributed by atoms with Crippen molar-refractivity contribution in [2.75, 3.05) is 0 Å². The Morgan fingerprint density at radius 2 is 2.13 bits per heavy atom. The van der Waals surface area contributed by atoms with Gasteiger partial charge in [0.05, 0.1) is 0 Å². The van der Waals surface area contributed by atoms with Gasteiger partial charge in [0.15, 0.2) is 0 Å². The number of thiazole rings is 1. The summed E-state index contributed by atoms with van der Waals surface area (Å²) in [7, 11) is 0. The number of nitrogens with zero attached hydrogens (tertiary/aromatic N) is 1. The third-order valence-electron chi connectivity index (χ3n) is 3.60. The monoisotopic (exact) mass is 332 g/mol. The topological polar surface area (TPSA) is 79.3 Å². The van der Waals surface area contributed by atoms with Crippen LogP contribution in [0.5, 0.6) is 0 Å². The Labute approximate surface area is 139 Å². The lowest BCUT2D eigenvalue weighted by Crippen LogP contribution is -2.52. The molecule has 1 atom stereocenters. The normalized spacial score (nSPS) is 13.3. The Bertz CT molecular complexity index is 726. The number of aromatic nitrogens is 1. The molecule has 0 radical (unpaired) electrons. The molecule has 0 aliphatic heterocycles. The maximum Gasteiger partial charge on any atom is 0.329 e. The number of hydrogen-bond acceptors (Lipinski definition) is 4. The Hall–Kier alpha value is -2.21. The van der Waals surface area contributed by atoms with Gasteiger partial charge in [0, 0.05) is 22.2 Å². The molecule has 23 heavy (non-hydrogen) atoms. The van der Waals surface area contributed by atoms with Crippen LogP contribution < -0.4 is 5.32 Å². The number of carboxylic acids is 1. The number of amides is 1. The zero-order valence-electron chi connectivity index (χ0n) is 13.4. The van der Waals surface area contributed by atoms with E-state index in [2.05, 4.69) is 10.3 Å². The van der Waals surface area contributed by atoms with Crippen LogP contribution >= 0.6 is 11.3 Å². The Kier molecular flexibility index (Phi) is 5.15. The molecular weight excluding hydrogens is 312 g/mol. The Morgan fingerprint density at radius 1 is 1.39 bits per heavy atom. The SMILES string of the molecule is CCCC(C)(NC(=O)c1cccc(-c2nc(C)cs2)c1)C(=O)O. The van der Waals surface area contributed by atoms with Crippen LogP contribution in [0.25, 0.3) is 10.6 Å². The van der Waals surface area contributed by atoms with E-state index in [1.165, 1.54) is 18.3 Å². The largest absolute Gasteiger partial charge is 0.480 e. The van der Waals surface area contributed by atoms with Crippen LogP contribution in [0.1, 0.15) is 42.7 Å². The third kappa shape index (κ3) is 3.96. The second-order valence-electron chi connectivity index (χ2n) is 5.72. The van der Waals surface area contributed by atoms with Crippen LogP contribution in [0.4, 0.5) is 0 Å². The van der Waals surface area contributed by atoms with Gasteiger partial charge in [0.25, 0.3) is 5.91 Å². The molecule has 1 amide bonds. The predicted octanol–water partition coefficient (Wildman–Crippen LogP) is 3.49. The number of benzene rings is 1. The van der Waals surface area contributed by atoms with Crippen LogP contribution in [0.3, 0.4) is 0 Å². The van der Waals surface area contributed by atoms with Crippen molar-refractivity contribution in [2.45, 2.75) is 39.2 Å². The molecule has 1 unspecified atom stereocenters. The summed E-state index contributed by atoms with van der Waals surface area (Å²) in [5.74, 6) is -1.42. The summed E-state index contributed by atoms with van der Waals surface area (Å²) < 4.78 is 0. The second-order valence-corrected chi connectivity index (χ2v) is 6.57. The summed E-state index contributed by atoms with van der Waals surface area (Å²) in [4.78, 5) is 28.3. The lowest BCUT2D eigenvalue weighted by molar-refractivity contribution is -0.144. The molecule has 2 rings (SSSR count). The summed E-state index contributed by atoms with van der Waals surface area (Å²) >= 11 is 1.51. The summed E-state index contributed by atoms with van der Waals surface area (Å²) in [5, 5.41) is 14.8. The first-order chi connectivity index (χ1) is 10.9. The molecule has 0 fully saturated rings. The van der Waals surface area contributed by atoms with Gasteiger partial charge < -0.3 is 10.4 Å². The fourth-order valence-corrected chi connectivity index (χ4v) is 3.12. The van der Waals surface area contributed by atoms with E-state index in [0.29, 0.717) is 18.4 Å². The summed E-state index contributed by atoms with van der Waals surface area (Å²) in [5.41, 5.74) is 0.947. The number of carbonyl (C=O) groups excluding carboxylic acids is 1. The van der Waals surface area contributed by atoms with Gasteiger partial charge in [-0.25, -0.2) is 9.78 Å². The number of hydrogen-bond donors (Lipinski definition) is 2. The highest BCUT2D eigenvalue weighted by Crippen LogP contribution is 2.24. The van der Waals surface area contributed by atoms with Crippen LogP contribution in [0, 0.1) is 6.92 Å². The van der Waals surface area contributed by atoms with Crippen molar-refractivity contribution in [3.05, 3.63) is 40.9 Å². The first-order valence-corrected chi connectivity index (χ1v) is 8.32. The minimum Gasteiger partial charge on any atom is -0.480 e. The fraction of sp³-hybridized carbons (Fsp3) is 0.353. The number of aryl methyl sites for hydroxylation is 1. The Morgan fingerprint density at radius 3 is 2.70 bits per heavy atom. The summed E-state index contributed by atoms with van der Waals surface area (Å²) in [6, 6.07) is 7.08. The number of nitrogens with one attached hydrogen (secondary N) is 1. The van der Waals surface area contributed by atoms with E-state index in [4.69, 9.17) is 0 Å². The van der Waals surface area contributed by atoms with Gasteiger partial charge in [-0.15, -0.1) is 11.3 Å². The average molecular weight is 332 g/mol. The molecule has 0 saturated carbocycles. The maximum absolute atomic E-state index is 12.4. The first-order valence-electron chi connectivity index (χ1n) is 7.44. The minimum absolute atomic E-state index is 0.374. The quantitative estimate of drug-likeness (QED) is 0.848. The fourth-order valence-electron chi connectivity index (χ4n) is 2.33. The van der Waals surface area contributed by atoms with Gasteiger partial charge in [-0.3, -0.25) is 4.79 Å². The van der Waals surface area contributed by atoms with Crippen LogP contribution in [-0.2, 0) is 4.79 Å². The van der Waals surface area contributed by atoms with Crippen molar-refractivity contribution >= 4 is 23.2 Å². The van der Waals surface area contributed by atoms with Gasteiger partial charge in [-0.1, -0.05) is 25.5 Å². The number of carboxylic acid groups (broad SMARTS) is 1. The zero-order chi connectivity index (χ0) is 17.0. The smallest absolute Gasteiger partial charge is 0.329 e. The van der Waals surface area contributed by atoms with Gasteiger partial charge in [-0.2, -0.15) is 0 Å². The molecule has 0 aliphatic carbocycles. The predicted molar refractivity (Wildman–Crippen MR) is 90.7 cm³/mol. The molecular formula is C17H20N2O3S. The van der Waals surface area contributed by atoms with Crippen molar-refractivity contribution in [3.63, 3.8) is 0 Å². The minimum atomic E-state index is -1.26. The molecule has 1 aromatic carbocycles. The summed E-state index contributed by atoms with van der Waals surface area (Å²) in [6.45, 7) is 5.34. The third-order valence-corrected chi connectivity index (χ3v) is 4.61. The van der Waals surface area contributed by atoms with E-state index in [1.54, 1.807) is 18.2 Å². The van der Waals surface area contributed by atoms with E-state index in [0.717, 1.165) is 16.3 Å². The van der Waals surface area contributed by atoms with Gasteiger partial charge in [0.2, 0.25) is 0 Å². The molecule has 0 saturated heterocycles. The Balaban J connectivity index is 2.24. The molecule has 122 valence electrons. The molecule has 1 aromatic heterocycles. The molecule has 0 spiro atoms. The standard InChI is InChI=1S/C17H20N2O3S/c1-4-8-17(3,16(21)22)19-14(20)12-6-5-7-13(9-12)15-18-11(2)10-23-15/h5-7,9-10H,4,8H2,1-3H3,(H,19,20)(H,21,22). The highest BCUT2D eigenvalue weighted by atomic mass is 32.1. The van der Waals surface area contributed by atoms with Crippen LogP contribution in [-0.4, -0.2) is 27.5 Å². The highest BCUT2D eigenvalue weighted by molar-refractivity contribution is 7.13. The van der Waals surface area contributed by atoms with Crippen molar-refractivity contribution in [1.29, 1.82) is 0 Å². The lowest BCUT2D eigenvalue weighted by Gasteiger charge is -2.25. The van der Waals surface area contributed by atoms with E-state index < -0.39 is 17.4 Å². The molecule has 2 aromatic rings. The zero-order valence-corrected chi connectivity index (χ0v) is 14.2. The van der Waals surface area contributed by atoms with Crippen LogP contribution in [0.2, 0.25) is 0 Å². The van der Waals surface area contributed by atoms with Crippen molar-refractivity contribution in [2.24, 2.45) is 0 Å². The van der Waals surface area contributed by atoms with Crippen molar-refractivity contribution in [3.8, 4) is 10.6 Å². The molecule has 0 aliphatic rings.